The quantitative estimate of drug-likeness (QED) is 0.741. The molecule has 0 aliphatic carbocycles. The SMILES string of the molecule is CCOc1cccc2c1ccn2CCNCCOC. The summed E-state index contributed by atoms with van der Waals surface area (Å²) in [5.74, 6) is 0.964. The second kappa shape index (κ2) is 7.16. The molecule has 19 heavy (non-hydrogen) atoms. The topological polar surface area (TPSA) is 35.4 Å². The highest BCUT2D eigenvalue weighted by Crippen LogP contribution is 2.26. The lowest BCUT2D eigenvalue weighted by Crippen LogP contribution is -2.23. The fraction of sp³-hybridized carbons (Fsp3) is 0.467. The van der Waals surface area contributed by atoms with E-state index in [1.54, 1.807) is 7.11 Å². The predicted molar refractivity (Wildman–Crippen MR) is 77.9 cm³/mol. The van der Waals surface area contributed by atoms with E-state index in [-0.39, 0.29) is 0 Å². The zero-order valence-electron chi connectivity index (χ0n) is 11.7. The largest absolute Gasteiger partial charge is 0.493 e. The summed E-state index contributed by atoms with van der Waals surface area (Å²) in [6.07, 6.45) is 2.12. The van der Waals surface area contributed by atoms with Gasteiger partial charge in [-0.2, -0.15) is 0 Å². The minimum atomic E-state index is 0.697. The number of methoxy groups -OCH3 is 1. The number of benzene rings is 1. The standard InChI is InChI=1S/C15H22N2O2/c1-3-19-15-6-4-5-14-13(15)7-10-17(14)11-8-16-9-12-18-2/h4-7,10,16H,3,8-9,11-12H2,1-2H3. The monoisotopic (exact) mass is 262 g/mol. The molecule has 0 saturated heterocycles. The number of rotatable bonds is 8. The van der Waals surface area contributed by atoms with Crippen LogP contribution in [0.1, 0.15) is 6.92 Å². The summed E-state index contributed by atoms with van der Waals surface area (Å²) in [6.45, 7) is 6.23. The highest BCUT2D eigenvalue weighted by molar-refractivity contribution is 5.86. The van der Waals surface area contributed by atoms with Gasteiger partial charge in [-0.15, -0.1) is 0 Å². The highest BCUT2D eigenvalue weighted by atomic mass is 16.5. The van der Waals surface area contributed by atoms with Gasteiger partial charge in [-0.1, -0.05) is 6.07 Å². The van der Waals surface area contributed by atoms with Gasteiger partial charge in [0.25, 0.3) is 0 Å². The van der Waals surface area contributed by atoms with Gasteiger partial charge in [-0.25, -0.2) is 0 Å². The van der Waals surface area contributed by atoms with E-state index in [0.29, 0.717) is 6.61 Å². The Morgan fingerprint density at radius 2 is 2.11 bits per heavy atom. The van der Waals surface area contributed by atoms with Crippen molar-refractivity contribution in [2.75, 3.05) is 33.4 Å². The molecule has 0 amide bonds. The van der Waals surface area contributed by atoms with Gasteiger partial charge in [0.15, 0.2) is 0 Å². The first-order valence-electron chi connectivity index (χ1n) is 6.77. The average Bonchev–Trinajstić information content (AvgIpc) is 2.83. The van der Waals surface area contributed by atoms with E-state index in [2.05, 4.69) is 28.2 Å². The van der Waals surface area contributed by atoms with E-state index in [1.165, 1.54) is 10.9 Å². The van der Waals surface area contributed by atoms with Crippen molar-refractivity contribution in [3.63, 3.8) is 0 Å². The van der Waals surface area contributed by atoms with E-state index in [1.807, 2.05) is 19.1 Å². The van der Waals surface area contributed by atoms with Crippen molar-refractivity contribution >= 4 is 10.9 Å². The zero-order valence-corrected chi connectivity index (χ0v) is 11.7. The molecule has 1 heterocycles. The van der Waals surface area contributed by atoms with E-state index >= 15 is 0 Å². The highest BCUT2D eigenvalue weighted by Gasteiger charge is 2.05. The van der Waals surface area contributed by atoms with Gasteiger partial charge < -0.3 is 19.4 Å². The van der Waals surface area contributed by atoms with Gasteiger partial charge in [0.1, 0.15) is 5.75 Å². The van der Waals surface area contributed by atoms with Crippen LogP contribution in [0.5, 0.6) is 5.75 Å². The van der Waals surface area contributed by atoms with Crippen molar-refractivity contribution in [3.8, 4) is 5.75 Å². The maximum atomic E-state index is 5.64. The molecule has 0 aliphatic rings. The number of hydrogen-bond acceptors (Lipinski definition) is 3. The summed E-state index contributed by atoms with van der Waals surface area (Å²) in [5.41, 5.74) is 1.22. The van der Waals surface area contributed by atoms with Crippen molar-refractivity contribution in [3.05, 3.63) is 30.5 Å². The Morgan fingerprint density at radius 3 is 2.89 bits per heavy atom. The third-order valence-electron chi connectivity index (χ3n) is 3.09. The molecule has 4 heteroatoms. The number of nitrogens with one attached hydrogen (secondary N) is 1. The van der Waals surface area contributed by atoms with Gasteiger partial charge in [0, 0.05) is 38.3 Å². The predicted octanol–water partition coefficient (Wildman–Crippen LogP) is 2.28. The summed E-state index contributed by atoms with van der Waals surface area (Å²) in [7, 11) is 1.72. The van der Waals surface area contributed by atoms with Crippen LogP contribution in [0.15, 0.2) is 30.5 Å². The zero-order chi connectivity index (χ0) is 13.5. The summed E-state index contributed by atoms with van der Waals surface area (Å²) in [5, 5.41) is 4.53. The van der Waals surface area contributed by atoms with Crippen LogP contribution in [-0.2, 0) is 11.3 Å². The minimum absolute atomic E-state index is 0.697. The number of ether oxygens (including phenoxy) is 2. The second-order valence-corrected chi connectivity index (χ2v) is 4.37. The molecule has 0 saturated carbocycles. The maximum Gasteiger partial charge on any atom is 0.128 e. The molecule has 0 fully saturated rings. The van der Waals surface area contributed by atoms with Crippen molar-refractivity contribution in [1.82, 2.24) is 9.88 Å². The molecule has 1 aromatic carbocycles. The first-order valence-corrected chi connectivity index (χ1v) is 6.77. The van der Waals surface area contributed by atoms with Crippen LogP contribution in [0.25, 0.3) is 10.9 Å². The fourth-order valence-electron chi connectivity index (χ4n) is 2.17. The van der Waals surface area contributed by atoms with E-state index in [0.717, 1.165) is 32.0 Å². The fourth-order valence-corrected chi connectivity index (χ4v) is 2.17. The van der Waals surface area contributed by atoms with Gasteiger partial charge in [0.05, 0.1) is 18.7 Å². The third kappa shape index (κ3) is 3.49. The second-order valence-electron chi connectivity index (χ2n) is 4.37. The molecule has 104 valence electrons. The normalized spacial score (nSPS) is 11.1. The van der Waals surface area contributed by atoms with Crippen LogP contribution >= 0.6 is 0 Å². The number of hydrogen-bond donors (Lipinski definition) is 1. The molecule has 0 radical (unpaired) electrons. The van der Waals surface area contributed by atoms with Crippen LogP contribution in [-0.4, -0.2) is 38.0 Å². The molecule has 1 aromatic heterocycles. The molecule has 0 unspecified atom stereocenters. The molecule has 0 spiro atoms. The Labute approximate surface area is 114 Å². The molecule has 1 N–H and O–H groups in total. The number of nitrogens with zero attached hydrogens (tertiary/aromatic N) is 1. The smallest absolute Gasteiger partial charge is 0.128 e. The van der Waals surface area contributed by atoms with Crippen LogP contribution < -0.4 is 10.1 Å². The van der Waals surface area contributed by atoms with Gasteiger partial charge >= 0.3 is 0 Å². The lowest BCUT2D eigenvalue weighted by molar-refractivity contribution is 0.199. The summed E-state index contributed by atoms with van der Waals surface area (Å²) < 4.78 is 12.9. The Morgan fingerprint density at radius 1 is 1.21 bits per heavy atom. The van der Waals surface area contributed by atoms with Crippen LogP contribution in [0.3, 0.4) is 0 Å². The van der Waals surface area contributed by atoms with Gasteiger partial charge in [-0.05, 0) is 25.1 Å². The summed E-state index contributed by atoms with van der Waals surface area (Å²) in [4.78, 5) is 0. The Balaban J connectivity index is 2.02. The molecule has 0 aliphatic heterocycles. The Kier molecular flexibility index (Phi) is 5.24. The summed E-state index contributed by atoms with van der Waals surface area (Å²) in [6, 6.07) is 8.32. The Hall–Kier alpha value is -1.52. The van der Waals surface area contributed by atoms with Crippen LogP contribution in [0, 0.1) is 0 Å². The van der Waals surface area contributed by atoms with Gasteiger partial charge in [-0.3, -0.25) is 0 Å². The van der Waals surface area contributed by atoms with E-state index in [4.69, 9.17) is 9.47 Å². The molecular formula is C15H22N2O2. The lowest BCUT2D eigenvalue weighted by Gasteiger charge is -2.08. The first kappa shape index (κ1) is 13.9. The van der Waals surface area contributed by atoms with Crippen molar-refractivity contribution in [2.45, 2.75) is 13.5 Å². The van der Waals surface area contributed by atoms with E-state index < -0.39 is 0 Å². The molecular weight excluding hydrogens is 240 g/mol. The average molecular weight is 262 g/mol. The lowest BCUT2D eigenvalue weighted by atomic mass is 10.2. The van der Waals surface area contributed by atoms with Crippen LogP contribution in [0.4, 0.5) is 0 Å². The number of aromatic nitrogens is 1. The molecule has 4 nitrogen and oxygen atoms in total. The summed E-state index contributed by atoms with van der Waals surface area (Å²) >= 11 is 0. The molecule has 0 bridgehead atoms. The molecule has 2 aromatic rings. The minimum Gasteiger partial charge on any atom is -0.493 e. The van der Waals surface area contributed by atoms with Crippen molar-refractivity contribution in [1.29, 1.82) is 0 Å². The molecule has 0 atom stereocenters. The van der Waals surface area contributed by atoms with Crippen LogP contribution in [0.2, 0.25) is 0 Å². The maximum absolute atomic E-state index is 5.64. The van der Waals surface area contributed by atoms with Crippen molar-refractivity contribution in [2.24, 2.45) is 0 Å². The van der Waals surface area contributed by atoms with Gasteiger partial charge in [0.2, 0.25) is 0 Å². The first-order chi connectivity index (χ1) is 9.36. The van der Waals surface area contributed by atoms with E-state index in [9.17, 15) is 0 Å². The number of fused-ring (bicyclic) bond motifs is 1. The van der Waals surface area contributed by atoms with Crippen molar-refractivity contribution < 1.29 is 9.47 Å². The third-order valence-corrected chi connectivity index (χ3v) is 3.09. The molecule has 2 rings (SSSR count). The Bertz CT molecular complexity index is 508.